The smallest absolute Gasteiger partial charge is 0.378 e. The van der Waals surface area contributed by atoms with Gasteiger partial charge in [0.05, 0.1) is 0 Å². The normalized spacial score (nSPS) is 11.0. The summed E-state index contributed by atoms with van der Waals surface area (Å²) < 4.78 is 2.20. The number of hydrogen-bond donors (Lipinski definition) is 0. The van der Waals surface area contributed by atoms with E-state index in [1.54, 1.807) is 11.8 Å². The number of pyridine rings is 2. The Balaban J connectivity index is 0.00000308. The zero-order valence-corrected chi connectivity index (χ0v) is 25.2. The topological polar surface area (TPSA) is 37.2 Å². The molecule has 0 radical (unpaired) electrons. The van der Waals surface area contributed by atoms with Gasteiger partial charge in [0, 0.05) is 63.5 Å². The minimum absolute atomic E-state index is 0. The van der Waals surface area contributed by atoms with Crippen LogP contribution in [0.3, 0.4) is 0 Å². The summed E-state index contributed by atoms with van der Waals surface area (Å²) in [6.07, 6.45) is 3.71. The van der Waals surface area contributed by atoms with Crippen LogP contribution in [0, 0.1) is 12.1 Å². The summed E-state index contributed by atoms with van der Waals surface area (Å²) in [6, 6.07) is 34.5. The minimum atomic E-state index is 0. The second kappa shape index (κ2) is 11.3. The molecular formula is C32H27N5PtS. The average molecular weight is 709 g/mol. The van der Waals surface area contributed by atoms with Crippen molar-refractivity contribution in [2.45, 2.75) is 9.92 Å². The second-order valence-electron chi connectivity index (χ2n) is 9.53. The molecule has 6 rings (SSSR count). The molecule has 0 aliphatic rings. The molecule has 6 aromatic rings. The summed E-state index contributed by atoms with van der Waals surface area (Å²) in [7, 11) is 8.16. The van der Waals surface area contributed by atoms with Gasteiger partial charge >= 0.3 is 21.1 Å². The van der Waals surface area contributed by atoms with Gasteiger partial charge in [0.1, 0.15) is 10.8 Å². The van der Waals surface area contributed by atoms with Crippen LogP contribution in [0.4, 0.5) is 11.4 Å². The van der Waals surface area contributed by atoms with Gasteiger partial charge in [-0.25, -0.2) is 21.1 Å². The molecule has 0 aliphatic heterocycles. The Morgan fingerprint density at radius 1 is 0.692 bits per heavy atom. The predicted octanol–water partition coefficient (Wildman–Crippen LogP) is 7.12. The monoisotopic (exact) mass is 708 g/mol. The molecule has 3 aromatic carbocycles. The maximum Gasteiger partial charge on any atom is 2.00 e. The summed E-state index contributed by atoms with van der Waals surface area (Å²) in [4.78, 5) is 14.5. The molecule has 0 unspecified atom stereocenters. The molecule has 0 N–H and O–H groups in total. The maximum absolute atomic E-state index is 4.74. The van der Waals surface area contributed by atoms with Gasteiger partial charge < -0.3 is 14.4 Å². The number of benzene rings is 3. The van der Waals surface area contributed by atoms with E-state index in [4.69, 9.17) is 4.98 Å². The average Bonchev–Trinajstić information content (AvgIpc) is 3.27. The molecule has 0 bridgehead atoms. The van der Waals surface area contributed by atoms with E-state index in [1.807, 2.05) is 52.7 Å². The standard InChI is InChI=1S/C32H27N5S.Pt/c1-35(2)24-14-16-33-31(20-24)37-29-11-6-5-10-27(29)28-13-12-23(19-30(28)37)22-8-7-9-26(18-22)38-32-21-25(36(3)4)15-17-34-32;/h5-17,20-21H,1-4H3;/q-2;+2. The summed E-state index contributed by atoms with van der Waals surface area (Å²) >= 11 is 1.61. The Labute approximate surface area is 247 Å². The molecule has 3 aromatic heterocycles. The van der Waals surface area contributed by atoms with Crippen LogP contribution in [0.5, 0.6) is 0 Å². The predicted molar refractivity (Wildman–Crippen MR) is 159 cm³/mol. The number of fused-ring (bicyclic) bond motifs is 3. The fourth-order valence-corrected chi connectivity index (χ4v) is 5.43. The van der Waals surface area contributed by atoms with Crippen molar-refractivity contribution in [1.82, 2.24) is 14.5 Å². The van der Waals surface area contributed by atoms with E-state index in [9.17, 15) is 0 Å². The summed E-state index contributed by atoms with van der Waals surface area (Å²) in [6.45, 7) is 0. The Kier molecular flexibility index (Phi) is 7.78. The molecule has 7 heteroatoms. The van der Waals surface area contributed by atoms with Crippen LogP contribution in [-0.2, 0) is 21.1 Å². The third-order valence-corrected chi connectivity index (χ3v) is 7.46. The third kappa shape index (κ3) is 5.32. The van der Waals surface area contributed by atoms with Gasteiger partial charge in [-0.15, -0.1) is 12.1 Å². The van der Waals surface area contributed by atoms with E-state index >= 15 is 0 Å². The summed E-state index contributed by atoms with van der Waals surface area (Å²) in [5.41, 5.74) is 6.31. The fraction of sp³-hybridized carbons (Fsp3) is 0.125. The van der Waals surface area contributed by atoms with E-state index in [1.165, 1.54) is 5.39 Å². The van der Waals surface area contributed by atoms with Gasteiger partial charge in [-0.05, 0) is 35.2 Å². The Morgan fingerprint density at radius 2 is 1.41 bits per heavy atom. The first kappa shape index (κ1) is 27.0. The molecular weight excluding hydrogens is 682 g/mol. The van der Waals surface area contributed by atoms with E-state index in [2.05, 4.69) is 98.2 Å². The van der Waals surface area contributed by atoms with Gasteiger partial charge in [0.15, 0.2) is 0 Å². The Morgan fingerprint density at radius 3 is 2.21 bits per heavy atom. The third-order valence-electron chi connectivity index (χ3n) is 6.57. The van der Waals surface area contributed by atoms with Crippen LogP contribution in [0.15, 0.2) is 101 Å². The van der Waals surface area contributed by atoms with E-state index < -0.39 is 0 Å². The van der Waals surface area contributed by atoms with E-state index in [0.29, 0.717) is 0 Å². The summed E-state index contributed by atoms with van der Waals surface area (Å²) in [5, 5.41) is 3.27. The first-order valence-corrected chi connectivity index (χ1v) is 13.2. The number of anilines is 2. The first-order chi connectivity index (χ1) is 18.5. The van der Waals surface area contributed by atoms with Crippen molar-refractivity contribution in [3.05, 3.63) is 103 Å². The van der Waals surface area contributed by atoms with Gasteiger partial charge in [0.2, 0.25) is 0 Å². The fourth-order valence-electron chi connectivity index (χ4n) is 4.61. The SMILES string of the molecule is CN(C)c1ccnc(Sc2[c-]c(-c3[c-]c4c(cc3)c3ccccc3n4-c3cc(N(C)C)ccn3)ccc2)c1.[Pt+2]. The second-order valence-corrected chi connectivity index (χ2v) is 10.6. The van der Waals surface area contributed by atoms with Crippen LogP contribution in [0.25, 0.3) is 38.8 Å². The van der Waals surface area contributed by atoms with E-state index in [0.717, 1.165) is 54.7 Å². The van der Waals surface area contributed by atoms with Crippen LogP contribution >= 0.6 is 11.8 Å². The molecule has 0 saturated heterocycles. The molecule has 0 atom stereocenters. The van der Waals surface area contributed by atoms with Crippen LogP contribution in [0.1, 0.15) is 0 Å². The van der Waals surface area contributed by atoms with Gasteiger partial charge in [0.25, 0.3) is 0 Å². The molecule has 39 heavy (non-hydrogen) atoms. The Bertz CT molecular complexity index is 1780. The van der Waals surface area contributed by atoms with Crippen molar-refractivity contribution in [2.24, 2.45) is 0 Å². The number of nitrogens with zero attached hydrogens (tertiary/aromatic N) is 5. The van der Waals surface area contributed by atoms with Crippen molar-refractivity contribution in [3.63, 3.8) is 0 Å². The van der Waals surface area contributed by atoms with Crippen LogP contribution in [-0.4, -0.2) is 42.7 Å². The number of para-hydroxylation sites is 1. The largest absolute Gasteiger partial charge is 2.00 e. The molecule has 0 spiro atoms. The van der Waals surface area contributed by atoms with Crippen molar-refractivity contribution < 1.29 is 21.1 Å². The van der Waals surface area contributed by atoms with E-state index in [-0.39, 0.29) is 21.1 Å². The van der Waals surface area contributed by atoms with Gasteiger partial charge in [-0.1, -0.05) is 40.2 Å². The Hall–Kier alpha value is -3.60. The zero-order chi connectivity index (χ0) is 26.2. The van der Waals surface area contributed by atoms with Crippen molar-refractivity contribution in [1.29, 1.82) is 0 Å². The van der Waals surface area contributed by atoms with Gasteiger partial charge in [-0.3, -0.25) is 0 Å². The number of aromatic nitrogens is 3. The molecule has 0 aliphatic carbocycles. The molecule has 0 saturated carbocycles. The van der Waals surface area contributed by atoms with Crippen molar-refractivity contribution in [3.8, 4) is 16.9 Å². The molecule has 196 valence electrons. The first-order valence-electron chi connectivity index (χ1n) is 12.4. The number of hydrogen-bond acceptors (Lipinski definition) is 5. The molecule has 0 amide bonds. The zero-order valence-electron chi connectivity index (χ0n) is 22.1. The minimum Gasteiger partial charge on any atom is -0.378 e. The number of rotatable bonds is 6. The molecule has 3 heterocycles. The van der Waals surface area contributed by atoms with Crippen molar-refractivity contribution >= 4 is 44.9 Å². The van der Waals surface area contributed by atoms with Gasteiger partial charge in [-0.2, -0.15) is 30.3 Å². The van der Waals surface area contributed by atoms with Crippen molar-refractivity contribution in [2.75, 3.05) is 38.0 Å². The maximum atomic E-state index is 4.74. The molecule has 0 fully saturated rings. The molecule has 5 nitrogen and oxygen atoms in total. The van der Waals surface area contributed by atoms with Crippen LogP contribution < -0.4 is 9.80 Å². The quantitative estimate of drug-likeness (QED) is 0.172. The van der Waals surface area contributed by atoms with Crippen LogP contribution in [0.2, 0.25) is 0 Å². The summed E-state index contributed by atoms with van der Waals surface area (Å²) in [5.74, 6) is 0.871.